The van der Waals surface area contributed by atoms with Gasteiger partial charge in [-0.05, 0) is 37.0 Å². The quantitative estimate of drug-likeness (QED) is 0.844. The molecule has 1 heterocycles. The molecular weight excluding hydrogens is 288 g/mol. The van der Waals surface area contributed by atoms with Crippen LogP contribution in [0.2, 0.25) is 0 Å². The van der Waals surface area contributed by atoms with Crippen molar-refractivity contribution in [2.75, 3.05) is 11.9 Å². The van der Waals surface area contributed by atoms with E-state index < -0.39 is 10.0 Å². The van der Waals surface area contributed by atoms with E-state index in [9.17, 15) is 8.42 Å². The Kier molecular flexibility index (Phi) is 5.61. The molecule has 0 aromatic heterocycles. The maximum atomic E-state index is 11.0. The van der Waals surface area contributed by atoms with Crippen molar-refractivity contribution in [2.45, 2.75) is 50.5 Å². The van der Waals surface area contributed by atoms with Gasteiger partial charge in [-0.3, -0.25) is 0 Å². The third-order valence-corrected chi connectivity index (χ3v) is 4.41. The highest BCUT2D eigenvalue weighted by Gasteiger charge is 2.21. The Balaban J connectivity index is 1.91. The summed E-state index contributed by atoms with van der Waals surface area (Å²) in [5.74, 6) is -0.122. The highest BCUT2D eigenvalue weighted by molar-refractivity contribution is 7.88. The summed E-state index contributed by atoms with van der Waals surface area (Å²) < 4.78 is 27.8. The molecule has 0 bridgehead atoms. The molecule has 0 spiro atoms. The molecule has 5 nitrogen and oxygen atoms in total. The monoisotopic (exact) mass is 312 g/mol. The highest BCUT2D eigenvalue weighted by atomic mass is 32.2. The number of rotatable bonds is 6. The fourth-order valence-electron chi connectivity index (χ4n) is 2.70. The molecular formula is C15H24N2O3S. The van der Waals surface area contributed by atoms with E-state index in [2.05, 4.69) is 12.2 Å². The summed E-state index contributed by atoms with van der Waals surface area (Å²) in [7, 11) is -3.47. The topological polar surface area (TPSA) is 81.4 Å². The first-order valence-electron chi connectivity index (χ1n) is 7.44. The zero-order valence-corrected chi connectivity index (χ0v) is 13.2. The molecule has 21 heavy (non-hydrogen) atoms. The second-order valence-electron chi connectivity index (χ2n) is 5.65. The van der Waals surface area contributed by atoms with Gasteiger partial charge in [0.1, 0.15) is 0 Å². The Labute approximate surface area is 126 Å². The largest absolute Gasteiger partial charge is 0.382 e. The predicted octanol–water partition coefficient (Wildman–Crippen LogP) is 2.23. The normalized spacial score (nSPS) is 23.0. The summed E-state index contributed by atoms with van der Waals surface area (Å²) in [5, 5.41) is 8.54. The highest BCUT2D eigenvalue weighted by Crippen LogP contribution is 2.22. The van der Waals surface area contributed by atoms with Crippen molar-refractivity contribution in [1.82, 2.24) is 0 Å². The Hall–Kier alpha value is -1.11. The van der Waals surface area contributed by atoms with E-state index >= 15 is 0 Å². The molecule has 2 unspecified atom stereocenters. The molecule has 0 saturated carbocycles. The SMILES string of the molecule is CCCC1CC(Nc2ccc(CS(N)(=O)=O)cc2)CCO1. The molecule has 118 valence electrons. The third-order valence-electron chi connectivity index (χ3n) is 3.67. The van der Waals surface area contributed by atoms with Crippen molar-refractivity contribution >= 4 is 15.7 Å². The van der Waals surface area contributed by atoms with E-state index in [1.807, 2.05) is 12.1 Å². The van der Waals surface area contributed by atoms with Crippen LogP contribution in [0.15, 0.2) is 24.3 Å². The Bertz CT molecular complexity index is 541. The average molecular weight is 312 g/mol. The Morgan fingerprint density at radius 2 is 2.05 bits per heavy atom. The van der Waals surface area contributed by atoms with E-state index in [1.54, 1.807) is 12.1 Å². The van der Waals surface area contributed by atoms with Crippen LogP contribution in [-0.2, 0) is 20.5 Å². The van der Waals surface area contributed by atoms with Gasteiger partial charge in [-0.2, -0.15) is 0 Å². The van der Waals surface area contributed by atoms with E-state index in [4.69, 9.17) is 9.88 Å². The van der Waals surface area contributed by atoms with Crippen LogP contribution in [0, 0.1) is 0 Å². The summed E-state index contributed by atoms with van der Waals surface area (Å²) in [5.41, 5.74) is 1.72. The third kappa shape index (κ3) is 5.65. The van der Waals surface area contributed by atoms with Gasteiger partial charge < -0.3 is 10.1 Å². The molecule has 1 saturated heterocycles. The van der Waals surface area contributed by atoms with Crippen LogP contribution in [0.1, 0.15) is 38.2 Å². The van der Waals surface area contributed by atoms with Gasteiger partial charge >= 0.3 is 0 Å². The number of benzene rings is 1. The average Bonchev–Trinajstić information content (AvgIpc) is 2.40. The van der Waals surface area contributed by atoms with Gasteiger partial charge in [0.05, 0.1) is 11.9 Å². The lowest BCUT2D eigenvalue weighted by atomic mass is 10.00. The van der Waals surface area contributed by atoms with E-state index in [0.29, 0.717) is 17.7 Å². The maximum Gasteiger partial charge on any atom is 0.213 e. The maximum absolute atomic E-state index is 11.0. The lowest BCUT2D eigenvalue weighted by Crippen LogP contribution is -2.33. The second kappa shape index (κ2) is 7.24. The summed E-state index contributed by atoms with van der Waals surface area (Å²) in [4.78, 5) is 0. The molecule has 1 aliphatic heterocycles. The smallest absolute Gasteiger partial charge is 0.213 e. The first-order chi connectivity index (χ1) is 9.96. The number of sulfonamides is 1. The van der Waals surface area contributed by atoms with Crippen LogP contribution in [0.5, 0.6) is 0 Å². The summed E-state index contributed by atoms with van der Waals surface area (Å²) in [6.07, 6.45) is 4.61. The predicted molar refractivity (Wildman–Crippen MR) is 84.5 cm³/mol. The van der Waals surface area contributed by atoms with Crippen molar-refractivity contribution in [3.8, 4) is 0 Å². The van der Waals surface area contributed by atoms with Crippen LogP contribution < -0.4 is 10.5 Å². The minimum absolute atomic E-state index is 0.122. The first-order valence-corrected chi connectivity index (χ1v) is 9.15. The van der Waals surface area contributed by atoms with Gasteiger partial charge in [0, 0.05) is 18.3 Å². The van der Waals surface area contributed by atoms with Gasteiger partial charge in [0.2, 0.25) is 10.0 Å². The Morgan fingerprint density at radius 1 is 1.33 bits per heavy atom. The first kappa shape index (κ1) is 16.3. The van der Waals surface area contributed by atoms with Crippen molar-refractivity contribution in [2.24, 2.45) is 5.14 Å². The van der Waals surface area contributed by atoms with Crippen molar-refractivity contribution in [3.63, 3.8) is 0 Å². The summed E-state index contributed by atoms with van der Waals surface area (Å²) >= 11 is 0. The molecule has 0 radical (unpaired) electrons. The van der Waals surface area contributed by atoms with Crippen LogP contribution in [-0.4, -0.2) is 27.2 Å². The van der Waals surface area contributed by atoms with E-state index in [0.717, 1.165) is 38.0 Å². The minimum Gasteiger partial charge on any atom is -0.382 e. The minimum atomic E-state index is -3.47. The van der Waals surface area contributed by atoms with Crippen molar-refractivity contribution in [3.05, 3.63) is 29.8 Å². The fourth-order valence-corrected chi connectivity index (χ4v) is 3.36. The zero-order chi connectivity index (χ0) is 15.3. The number of nitrogens with two attached hydrogens (primary N) is 1. The molecule has 1 aromatic rings. The van der Waals surface area contributed by atoms with Gasteiger partial charge in [-0.1, -0.05) is 25.5 Å². The molecule has 1 aromatic carbocycles. The standard InChI is InChI=1S/C15H24N2O3S/c1-2-3-15-10-14(8-9-20-15)17-13-6-4-12(5-7-13)11-21(16,18)19/h4-7,14-15,17H,2-3,8-11H2,1H3,(H2,16,18,19). The lowest BCUT2D eigenvalue weighted by molar-refractivity contribution is 0.00598. The molecule has 3 N–H and O–H groups in total. The second-order valence-corrected chi connectivity index (χ2v) is 7.27. The van der Waals surface area contributed by atoms with Crippen LogP contribution in [0.3, 0.4) is 0 Å². The number of hydrogen-bond acceptors (Lipinski definition) is 4. The van der Waals surface area contributed by atoms with Crippen molar-refractivity contribution < 1.29 is 13.2 Å². The summed E-state index contributed by atoms with van der Waals surface area (Å²) in [6, 6.07) is 7.83. The molecule has 0 aliphatic carbocycles. The van der Waals surface area contributed by atoms with Gasteiger partial charge in [-0.25, -0.2) is 13.6 Å². The number of primary sulfonamides is 1. The molecule has 2 atom stereocenters. The van der Waals surface area contributed by atoms with Crippen LogP contribution >= 0.6 is 0 Å². The molecule has 1 fully saturated rings. The van der Waals surface area contributed by atoms with Crippen molar-refractivity contribution in [1.29, 1.82) is 0 Å². The number of anilines is 1. The van der Waals surface area contributed by atoms with E-state index in [-0.39, 0.29) is 5.75 Å². The fraction of sp³-hybridized carbons (Fsp3) is 0.600. The van der Waals surface area contributed by atoms with Gasteiger partial charge in [-0.15, -0.1) is 0 Å². The molecule has 6 heteroatoms. The molecule has 1 aliphatic rings. The van der Waals surface area contributed by atoms with E-state index in [1.165, 1.54) is 0 Å². The number of nitrogens with one attached hydrogen (secondary N) is 1. The molecule has 0 amide bonds. The Morgan fingerprint density at radius 3 is 2.67 bits per heavy atom. The number of ether oxygens (including phenoxy) is 1. The van der Waals surface area contributed by atoms with Crippen LogP contribution in [0.4, 0.5) is 5.69 Å². The lowest BCUT2D eigenvalue weighted by Gasteiger charge is -2.30. The molecule has 2 rings (SSSR count). The number of hydrogen-bond donors (Lipinski definition) is 2. The van der Waals surface area contributed by atoms with Gasteiger partial charge in [0.25, 0.3) is 0 Å². The van der Waals surface area contributed by atoms with Crippen LogP contribution in [0.25, 0.3) is 0 Å². The van der Waals surface area contributed by atoms with Gasteiger partial charge in [0.15, 0.2) is 0 Å². The summed E-state index contributed by atoms with van der Waals surface area (Å²) in [6.45, 7) is 2.97. The zero-order valence-electron chi connectivity index (χ0n) is 12.4.